The van der Waals surface area contributed by atoms with E-state index in [0.717, 1.165) is 11.1 Å². The van der Waals surface area contributed by atoms with Crippen molar-refractivity contribution in [2.75, 3.05) is 5.32 Å². The first-order chi connectivity index (χ1) is 13.1. The maximum absolute atomic E-state index is 11.9. The van der Waals surface area contributed by atoms with E-state index in [1.165, 1.54) is 17.9 Å². The fourth-order valence-corrected chi connectivity index (χ4v) is 2.21. The summed E-state index contributed by atoms with van der Waals surface area (Å²) >= 11 is 0. The van der Waals surface area contributed by atoms with Gasteiger partial charge in [0, 0.05) is 18.2 Å². The average Bonchev–Trinajstić information content (AvgIpc) is 3.12. The fraction of sp³-hybridized carbons (Fsp3) is 0.111. The van der Waals surface area contributed by atoms with E-state index in [9.17, 15) is 9.59 Å². The number of hydrazone groups is 1. The van der Waals surface area contributed by atoms with Crippen molar-refractivity contribution >= 4 is 23.7 Å². The minimum absolute atomic E-state index is 0.0986. The van der Waals surface area contributed by atoms with Gasteiger partial charge in [0.25, 0.3) is 5.91 Å². The fourth-order valence-electron chi connectivity index (χ4n) is 2.21. The van der Waals surface area contributed by atoms with Crippen LogP contribution in [0.5, 0.6) is 0 Å². The molecule has 3 aromatic rings. The number of hydrogen-bond acceptors (Lipinski definition) is 6. The van der Waals surface area contributed by atoms with Crippen LogP contribution in [-0.2, 0) is 16.1 Å². The maximum Gasteiger partial charge on any atom is 0.263 e. The van der Waals surface area contributed by atoms with Crippen LogP contribution in [0, 0.1) is 0 Å². The summed E-state index contributed by atoms with van der Waals surface area (Å²) < 4.78 is 0. The van der Waals surface area contributed by atoms with E-state index in [1.54, 1.807) is 24.3 Å². The van der Waals surface area contributed by atoms with E-state index < -0.39 is 0 Å². The van der Waals surface area contributed by atoms with Gasteiger partial charge in [-0.2, -0.15) is 9.90 Å². The maximum atomic E-state index is 11.9. The Kier molecular flexibility index (Phi) is 5.63. The Bertz CT molecular complexity index is 949. The molecule has 0 saturated heterocycles. The largest absolute Gasteiger partial charge is 0.326 e. The summed E-state index contributed by atoms with van der Waals surface area (Å²) in [5, 5.41) is 18.5. The van der Waals surface area contributed by atoms with E-state index in [2.05, 4.69) is 31.3 Å². The van der Waals surface area contributed by atoms with Crippen LogP contribution < -0.4 is 10.7 Å². The molecule has 2 N–H and O–H groups in total. The van der Waals surface area contributed by atoms with E-state index in [0.29, 0.717) is 11.5 Å². The monoisotopic (exact) mass is 363 g/mol. The van der Waals surface area contributed by atoms with Gasteiger partial charge in [0.05, 0.1) is 6.21 Å². The molecule has 136 valence electrons. The Labute approximate surface area is 155 Å². The third-order valence-corrected chi connectivity index (χ3v) is 3.40. The smallest absolute Gasteiger partial charge is 0.263 e. The third kappa shape index (κ3) is 5.30. The van der Waals surface area contributed by atoms with Crippen molar-refractivity contribution in [3.8, 4) is 11.4 Å². The normalized spacial score (nSPS) is 10.7. The lowest BCUT2D eigenvalue weighted by molar-refractivity contribution is -0.122. The van der Waals surface area contributed by atoms with Crippen molar-refractivity contribution in [1.82, 2.24) is 25.6 Å². The number of tetrazole rings is 1. The highest BCUT2D eigenvalue weighted by molar-refractivity contribution is 5.89. The van der Waals surface area contributed by atoms with Gasteiger partial charge in [-0.15, -0.1) is 10.2 Å². The van der Waals surface area contributed by atoms with Gasteiger partial charge in [0.1, 0.15) is 6.54 Å². The van der Waals surface area contributed by atoms with Gasteiger partial charge < -0.3 is 5.32 Å². The molecule has 0 unspecified atom stereocenters. The van der Waals surface area contributed by atoms with Crippen LogP contribution in [0.25, 0.3) is 11.4 Å². The van der Waals surface area contributed by atoms with E-state index in [1.807, 2.05) is 30.3 Å². The van der Waals surface area contributed by atoms with Crippen LogP contribution in [0.4, 0.5) is 5.69 Å². The topological polar surface area (TPSA) is 114 Å². The van der Waals surface area contributed by atoms with E-state index in [-0.39, 0.29) is 18.4 Å². The van der Waals surface area contributed by atoms with Crippen LogP contribution in [0.1, 0.15) is 12.5 Å². The summed E-state index contributed by atoms with van der Waals surface area (Å²) in [6, 6.07) is 16.4. The second-order valence-corrected chi connectivity index (χ2v) is 5.61. The minimum atomic E-state index is -0.377. The lowest BCUT2D eigenvalue weighted by atomic mass is 10.2. The molecule has 9 nitrogen and oxygen atoms in total. The molecule has 0 radical (unpaired) electrons. The summed E-state index contributed by atoms with van der Waals surface area (Å²) in [6.07, 6.45) is 1.50. The van der Waals surface area contributed by atoms with Gasteiger partial charge in [0.15, 0.2) is 0 Å². The zero-order valence-electron chi connectivity index (χ0n) is 14.5. The first-order valence-electron chi connectivity index (χ1n) is 8.13. The van der Waals surface area contributed by atoms with Crippen molar-refractivity contribution in [2.24, 2.45) is 5.10 Å². The second kappa shape index (κ2) is 8.48. The van der Waals surface area contributed by atoms with Gasteiger partial charge in [-0.05, 0) is 22.9 Å². The number of carbonyl (C=O) groups excluding carboxylic acids is 2. The average molecular weight is 363 g/mol. The Balaban J connectivity index is 1.52. The predicted molar refractivity (Wildman–Crippen MR) is 99.7 cm³/mol. The summed E-state index contributed by atoms with van der Waals surface area (Å²) in [4.78, 5) is 24.1. The molecular weight excluding hydrogens is 346 g/mol. The molecule has 0 spiro atoms. The summed E-state index contributed by atoms with van der Waals surface area (Å²) in [5.74, 6) is -0.0647. The zero-order valence-corrected chi connectivity index (χ0v) is 14.5. The summed E-state index contributed by atoms with van der Waals surface area (Å²) in [5.41, 5.74) is 4.69. The second-order valence-electron chi connectivity index (χ2n) is 5.61. The number of anilines is 1. The van der Waals surface area contributed by atoms with Gasteiger partial charge in [-0.1, -0.05) is 42.5 Å². The van der Waals surface area contributed by atoms with Gasteiger partial charge in [-0.25, -0.2) is 5.43 Å². The number of nitrogens with zero attached hydrogens (tertiary/aromatic N) is 5. The molecule has 0 atom stereocenters. The van der Waals surface area contributed by atoms with Crippen molar-refractivity contribution in [2.45, 2.75) is 13.5 Å². The molecule has 0 aliphatic rings. The lowest BCUT2D eigenvalue weighted by Crippen LogP contribution is -2.24. The molecule has 0 aliphatic carbocycles. The molecule has 2 aromatic carbocycles. The molecule has 1 heterocycles. The Morgan fingerprint density at radius 1 is 1.11 bits per heavy atom. The highest BCUT2D eigenvalue weighted by atomic mass is 16.2. The molecule has 0 aliphatic heterocycles. The van der Waals surface area contributed by atoms with E-state index >= 15 is 0 Å². The molecule has 0 fully saturated rings. The molecule has 3 rings (SSSR count). The molecule has 0 bridgehead atoms. The van der Waals surface area contributed by atoms with Crippen LogP contribution in [-0.4, -0.2) is 38.2 Å². The summed E-state index contributed by atoms with van der Waals surface area (Å²) in [7, 11) is 0. The number of hydrogen-bond donors (Lipinski definition) is 2. The highest BCUT2D eigenvalue weighted by Crippen LogP contribution is 2.11. The molecule has 27 heavy (non-hydrogen) atoms. The molecule has 2 amide bonds. The van der Waals surface area contributed by atoms with Crippen LogP contribution in [0.15, 0.2) is 59.7 Å². The lowest BCUT2D eigenvalue weighted by Gasteiger charge is -2.01. The minimum Gasteiger partial charge on any atom is -0.326 e. The van der Waals surface area contributed by atoms with Crippen molar-refractivity contribution in [3.05, 3.63) is 60.2 Å². The predicted octanol–water partition coefficient (Wildman–Crippen LogP) is 1.45. The quantitative estimate of drug-likeness (QED) is 0.508. The van der Waals surface area contributed by atoms with Gasteiger partial charge in [0.2, 0.25) is 11.7 Å². The number of rotatable bonds is 6. The van der Waals surface area contributed by atoms with Crippen LogP contribution >= 0.6 is 0 Å². The van der Waals surface area contributed by atoms with Crippen LogP contribution in [0.3, 0.4) is 0 Å². The number of aromatic nitrogens is 4. The standard InChI is InChI=1S/C18H17N7O2/c1-13(26)20-16-9-7-14(8-10-16)11-19-21-17(27)12-25-23-18(22-24-25)15-5-3-2-4-6-15/h2-11H,12H2,1H3,(H,20,26)(H,21,27)/b19-11-. The van der Waals surface area contributed by atoms with Gasteiger partial charge in [-0.3, -0.25) is 9.59 Å². The number of carbonyl (C=O) groups is 2. The summed E-state index contributed by atoms with van der Waals surface area (Å²) in [6.45, 7) is 1.34. The van der Waals surface area contributed by atoms with Crippen molar-refractivity contribution in [1.29, 1.82) is 0 Å². The zero-order chi connectivity index (χ0) is 19.1. The number of nitrogens with one attached hydrogen (secondary N) is 2. The first kappa shape index (κ1) is 17.9. The van der Waals surface area contributed by atoms with Gasteiger partial charge >= 0.3 is 0 Å². The molecular formula is C18H17N7O2. The number of benzene rings is 2. The Hall–Kier alpha value is -3.88. The Morgan fingerprint density at radius 3 is 2.56 bits per heavy atom. The van der Waals surface area contributed by atoms with Crippen LogP contribution in [0.2, 0.25) is 0 Å². The first-order valence-corrected chi connectivity index (χ1v) is 8.13. The number of amides is 2. The van der Waals surface area contributed by atoms with E-state index in [4.69, 9.17) is 0 Å². The third-order valence-electron chi connectivity index (χ3n) is 3.40. The molecule has 9 heteroatoms. The highest BCUT2D eigenvalue weighted by Gasteiger charge is 2.08. The van der Waals surface area contributed by atoms with Crippen molar-refractivity contribution in [3.63, 3.8) is 0 Å². The molecule has 0 saturated carbocycles. The Morgan fingerprint density at radius 2 is 1.85 bits per heavy atom. The van der Waals surface area contributed by atoms with Crippen molar-refractivity contribution < 1.29 is 9.59 Å². The molecule has 1 aromatic heterocycles. The SMILES string of the molecule is CC(=O)Nc1ccc(/C=N\NC(=O)Cn2nnc(-c3ccccc3)n2)cc1.